The monoisotopic (exact) mass is 475 g/mol. The second-order valence-corrected chi connectivity index (χ2v) is 8.45. The van der Waals surface area contributed by atoms with E-state index in [2.05, 4.69) is 15.6 Å². The minimum atomic E-state index is -1.42. The molecule has 2 atom stereocenters. The normalized spacial score (nSPS) is 12.9. The van der Waals surface area contributed by atoms with E-state index in [1.165, 1.54) is 6.20 Å². The van der Waals surface area contributed by atoms with Crippen LogP contribution in [0.3, 0.4) is 0 Å². The van der Waals surface area contributed by atoms with Crippen LogP contribution >= 0.6 is 11.6 Å². The molecule has 2 rings (SSSR count). The van der Waals surface area contributed by atoms with Crippen LogP contribution in [0.1, 0.15) is 37.9 Å². The van der Waals surface area contributed by atoms with Gasteiger partial charge in [-0.3, -0.25) is 19.4 Å². The number of amides is 2. The van der Waals surface area contributed by atoms with Gasteiger partial charge in [-0.2, -0.15) is 0 Å². The van der Waals surface area contributed by atoms with Gasteiger partial charge in [-0.15, -0.1) is 0 Å². The second kappa shape index (κ2) is 11.4. The van der Waals surface area contributed by atoms with Crippen LogP contribution in [0.4, 0.5) is 0 Å². The number of benzene rings is 1. The van der Waals surface area contributed by atoms with Crippen molar-refractivity contribution in [2.75, 3.05) is 0 Å². The number of carbonyl (C=O) groups excluding carboxylic acids is 2. The van der Waals surface area contributed by atoms with Crippen molar-refractivity contribution in [3.63, 3.8) is 0 Å². The predicted octanol–water partition coefficient (Wildman–Crippen LogP) is 2.17. The zero-order valence-corrected chi connectivity index (χ0v) is 19.0. The van der Waals surface area contributed by atoms with Gasteiger partial charge in [0, 0.05) is 29.8 Å². The fraction of sp³-hybridized carbons (Fsp3) is 0.348. The summed E-state index contributed by atoms with van der Waals surface area (Å²) in [6, 6.07) is 9.29. The van der Waals surface area contributed by atoms with E-state index in [1.54, 1.807) is 56.3 Å². The van der Waals surface area contributed by atoms with Crippen molar-refractivity contribution in [2.45, 2.75) is 50.6 Å². The van der Waals surface area contributed by atoms with Crippen molar-refractivity contribution >= 4 is 35.4 Å². The van der Waals surface area contributed by atoms with Gasteiger partial charge in [0.15, 0.2) is 0 Å². The van der Waals surface area contributed by atoms with Gasteiger partial charge in [0.2, 0.25) is 11.8 Å². The van der Waals surface area contributed by atoms with Crippen molar-refractivity contribution in [3.8, 4) is 0 Å². The van der Waals surface area contributed by atoms with Crippen molar-refractivity contribution < 1.29 is 29.4 Å². The van der Waals surface area contributed by atoms with Crippen LogP contribution in [-0.2, 0) is 31.0 Å². The van der Waals surface area contributed by atoms with Gasteiger partial charge in [-0.1, -0.05) is 29.8 Å². The van der Waals surface area contributed by atoms with E-state index in [1.807, 2.05) is 0 Å². The van der Waals surface area contributed by atoms with Crippen molar-refractivity contribution in [1.82, 2.24) is 15.6 Å². The first-order valence-electron chi connectivity index (χ1n) is 10.2. The molecule has 1 heterocycles. The number of rotatable bonds is 11. The first-order valence-corrected chi connectivity index (χ1v) is 10.6. The van der Waals surface area contributed by atoms with E-state index in [-0.39, 0.29) is 12.8 Å². The summed E-state index contributed by atoms with van der Waals surface area (Å²) in [5.41, 5.74) is 0.161. The molecule has 0 unspecified atom stereocenters. The molecular formula is C23H26ClN3O6. The summed E-state index contributed by atoms with van der Waals surface area (Å²) >= 11 is 5.93. The molecule has 2 aromatic rings. The Hall–Kier alpha value is -3.46. The average molecular weight is 476 g/mol. The second-order valence-electron chi connectivity index (χ2n) is 8.01. The molecule has 1 aromatic heterocycles. The van der Waals surface area contributed by atoms with Crippen LogP contribution in [0.25, 0.3) is 0 Å². The van der Waals surface area contributed by atoms with Crippen LogP contribution in [0.2, 0.25) is 5.02 Å². The minimum absolute atomic E-state index is 0.0143. The van der Waals surface area contributed by atoms with Gasteiger partial charge in [-0.25, -0.2) is 4.79 Å². The third-order valence-electron chi connectivity index (χ3n) is 5.16. The standard InChI is InChI=1S/C23H26ClN3O6/c1-23(2,14-6-8-15(24)9-7-14)22(33)27-18(13-16-5-3-4-12-25-16)20(30)26-17(21(31)32)10-11-19(28)29/h3-9,12,17-18H,10-11,13H2,1-2H3,(H,26,30)(H,27,33)(H,28,29)(H,31,32)/t17-,18+/m1/s1. The van der Waals surface area contributed by atoms with Crippen LogP contribution in [-0.4, -0.2) is 51.0 Å². The molecule has 0 saturated heterocycles. The molecule has 0 aliphatic carbocycles. The molecule has 33 heavy (non-hydrogen) atoms. The van der Waals surface area contributed by atoms with Crippen molar-refractivity contribution in [2.24, 2.45) is 0 Å². The summed E-state index contributed by atoms with van der Waals surface area (Å²) in [6.07, 6.45) is 0.825. The molecule has 0 aliphatic rings. The highest BCUT2D eigenvalue weighted by Gasteiger charge is 2.34. The number of pyridine rings is 1. The molecule has 10 heteroatoms. The molecule has 0 fully saturated rings. The van der Waals surface area contributed by atoms with Crippen molar-refractivity contribution in [3.05, 3.63) is 64.9 Å². The maximum Gasteiger partial charge on any atom is 0.326 e. The molecule has 9 nitrogen and oxygen atoms in total. The average Bonchev–Trinajstić information content (AvgIpc) is 2.76. The number of hydrogen-bond donors (Lipinski definition) is 4. The SMILES string of the molecule is CC(C)(C(=O)N[C@@H](Cc1ccccn1)C(=O)N[C@H](CCC(=O)O)C(=O)O)c1ccc(Cl)cc1. The molecule has 1 aromatic carbocycles. The fourth-order valence-corrected chi connectivity index (χ4v) is 3.20. The van der Waals surface area contributed by atoms with Crippen LogP contribution < -0.4 is 10.6 Å². The topological polar surface area (TPSA) is 146 Å². The van der Waals surface area contributed by atoms with Gasteiger partial charge < -0.3 is 20.8 Å². The predicted molar refractivity (Wildman–Crippen MR) is 121 cm³/mol. The van der Waals surface area contributed by atoms with E-state index in [0.717, 1.165) is 0 Å². The number of carboxylic acids is 2. The fourth-order valence-electron chi connectivity index (χ4n) is 3.07. The molecule has 4 N–H and O–H groups in total. The first kappa shape index (κ1) is 25.8. The van der Waals surface area contributed by atoms with Gasteiger partial charge in [0.05, 0.1) is 5.41 Å². The number of aliphatic carboxylic acids is 2. The Morgan fingerprint density at radius 3 is 2.21 bits per heavy atom. The Morgan fingerprint density at radius 1 is 1.00 bits per heavy atom. The van der Waals surface area contributed by atoms with E-state index in [4.69, 9.17) is 16.7 Å². The van der Waals surface area contributed by atoms with E-state index in [9.17, 15) is 24.3 Å². The van der Waals surface area contributed by atoms with Gasteiger partial charge >= 0.3 is 11.9 Å². The van der Waals surface area contributed by atoms with Gasteiger partial charge in [-0.05, 0) is 50.1 Å². The molecule has 0 saturated carbocycles. The molecule has 0 spiro atoms. The maximum absolute atomic E-state index is 13.2. The zero-order chi connectivity index (χ0) is 24.6. The third-order valence-corrected chi connectivity index (χ3v) is 5.41. The summed E-state index contributed by atoms with van der Waals surface area (Å²) < 4.78 is 0. The summed E-state index contributed by atoms with van der Waals surface area (Å²) in [5.74, 6) is -3.76. The number of hydrogen-bond acceptors (Lipinski definition) is 5. The Labute approximate surface area is 196 Å². The lowest BCUT2D eigenvalue weighted by atomic mass is 9.83. The molecule has 0 aliphatic heterocycles. The lowest BCUT2D eigenvalue weighted by Gasteiger charge is -2.28. The molecular weight excluding hydrogens is 450 g/mol. The lowest BCUT2D eigenvalue weighted by molar-refractivity contribution is -0.143. The highest BCUT2D eigenvalue weighted by atomic mass is 35.5. The number of nitrogens with zero attached hydrogens (tertiary/aromatic N) is 1. The van der Waals surface area contributed by atoms with Crippen LogP contribution in [0.5, 0.6) is 0 Å². The van der Waals surface area contributed by atoms with Crippen LogP contribution in [0, 0.1) is 0 Å². The van der Waals surface area contributed by atoms with E-state index < -0.39 is 47.7 Å². The van der Waals surface area contributed by atoms with Gasteiger partial charge in [0.1, 0.15) is 12.1 Å². The maximum atomic E-state index is 13.2. The highest BCUT2D eigenvalue weighted by Crippen LogP contribution is 2.25. The summed E-state index contributed by atoms with van der Waals surface area (Å²) in [6.45, 7) is 3.38. The Morgan fingerprint density at radius 2 is 1.67 bits per heavy atom. The van der Waals surface area contributed by atoms with Crippen LogP contribution in [0.15, 0.2) is 48.7 Å². The number of carboxylic acid groups (broad SMARTS) is 2. The summed E-state index contributed by atoms with van der Waals surface area (Å²) in [5, 5.41) is 23.8. The molecule has 2 amide bonds. The van der Waals surface area contributed by atoms with Crippen molar-refractivity contribution in [1.29, 1.82) is 0 Å². The highest BCUT2D eigenvalue weighted by molar-refractivity contribution is 6.30. The van der Waals surface area contributed by atoms with E-state index >= 15 is 0 Å². The largest absolute Gasteiger partial charge is 0.481 e. The molecule has 0 bridgehead atoms. The molecule has 0 radical (unpaired) electrons. The Balaban J connectivity index is 2.24. The number of halogens is 1. The Bertz CT molecular complexity index is 995. The minimum Gasteiger partial charge on any atom is -0.481 e. The zero-order valence-electron chi connectivity index (χ0n) is 18.2. The number of carbonyl (C=O) groups is 4. The number of aromatic nitrogens is 1. The summed E-state index contributed by atoms with van der Waals surface area (Å²) in [7, 11) is 0. The number of nitrogens with one attached hydrogen (secondary N) is 2. The third kappa shape index (κ3) is 7.57. The lowest BCUT2D eigenvalue weighted by Crippen LogP contribution is -2.55. The van der Waals surface area contributed by atoms with Gasteiger partial charge in [0.25, 0.3) is 0 Å². The quantitative estimate of drug-likeness (QED) is 0.389. The van der Waals surface area contributed by atoms with E-state index in [0.29, 0.717) is 16.3 Å². The first-order chi connectivity index (χ1) is 15.5. The summed E-state index contributed by atoms with van der Waals surface area (Å²) in [4.78, 5) is 52.6. The molecule has 176 valence electrons. The smallest absolute Gasteiger partial charge is 0.326 e. The Kier molecular flexibility index (Phi) is 8.93.